The molecule has 0 spiro atoms. The van der Waals surface area contributed by atoms with Gasteiger partial charge in [0.25, 0.3) is 0 Å². The zero-order valence-electron chi connectivity index (χ0n) is 10.0. The van der Waals surface area contributed by atoms with Crippen molar-refractivity contribution in [3.05, 3.63) is 47.9 Å². The molecule has 0 heterocycles. The van der Waals surface area contributed by atoms with Crippen LogP contribution in [0.25, 0.3) is 0 Å². The quantitative estimate of drug-likeness (QED) is 0.544. The summed E-state index contributed by atoms with van der Waals surface area (Å²) in [6, 6.07) is 0. The van der Waals surface area contributed by atoms with Gasteiger partial charge in [-0.2, -0.15) is 0 Å². The molecule has 0 radical (unpaired) electrons. The molecular weight excluding hydrogens is 248 g/mol. The van der Waals surface area contributed by atoms with Gasteiger partial charge in [-0.1, -0.05) is 12.2 Å². The van der Waals surface area contributed by atoms with Crippen molar-refractivity contribution in [1.82, 2.24) is 0 Å². The van der Waals surface area contributed by atoms with Gasteiger partial charge in [-0.15, -0.1) is 0 Å². The largest absolute Gasteiger partial charge is 0.399 e. The molecule has 98 valence electrons. The summed E-state index contributed by atoms with van der Waals surface area (Å²) in [7, 11) is -1.47. The second kappa shape index (κ2) is 4.38. The first-order chi connectivity index (χ1) is 8.36. The summed E-state index contributed by atoms with van der Waals surface area (Å²) in [5, 5.41) is 0. The maximum absolute atomic E-state index is 12.6. The van der Waals surface area contributed by atoms with E-state index in [-0.39, 0.29) is 0 Å². The van der Waals surface area contributed by atoms with Gasteiger partial charge < -0.3 is 22.9 Å². The molecule has 2 unspecified atom stereocenters. The van der Waals surface area contributed by atoms with Crippen LogP contribution in [0.5, 0.6) is 0 Å². The molecule has 2 aliphatic rings. The Morgan fingerprint density at radius 2 is 1.33 bits per heavy atom. The van der Waals surface area contributed by atoms with E-state index in [1.807, 2.05) is 0 Å². The molecule has 2 rings (SSSR count). The lowest BCUT2D eigenvalue weighted by Gasteiger charge is -2.36. The fraction of sp³-hybridized carbons (Fsp3) is 0.333. The lowest BCUT2D eigenvalue weighted by molar-refractivity contribution is 0.596. The van der Waals surface area contributed by atoms with E-state index in [1.165, 1.54) is 0 Å². The third kappa shape index (κ3) is 2.27. The summed E-state index contributed by atoms with van der Waals surface area (Å²) >= 11 is 0. The van der Waals surface area contributed by atoms with Gasteiger partial charge >= 0.3 is 0 Å². The maximum Gasteiger partial charge on any atom is 0.117 e. The van der Waals surface area contributed by atoms with Gasteiger partial charge in [0.2, 0.25) is 0 Å². The van der Waals surface area contributed by atoms with Crippen LogP contribution in [-0.2, 0) is 10.8 Å². The standard InChI is InChI=1S/C12H18N4OS/c13-9-1-5-11(15,6-2-9)18(17)12(16)7-3-10(14)4-8-12/h1-5,7H,6,8,13-16H2. The van der Waals surface area contributed by atoms with Crippen molar-refractivity contribution in [2.24, 2.45) is 22.9 Å². The number of rotatable bonds is 2. The summed E-state index contributed by atoms with van der Waals surface area (Å²) in [5.41, 5.74) is 24.8. The molecule has 0 bridgehead atoms. The first-order valence-electron chi connectivity index (χ1n) is 5.65. The zero-order chi connectivity index (χ0) is 13.4. The van der Waals surface area contributed by atoms with Gasteiger partial charge in [-0.3, -0.25) is 4.21 Å². The van der Waals surface area contributed by atoms with Crippen molar-refractivity contribution >= 4 is 10.8 Å². The maximum atomic E-state index is 12.6. The van der Waals surface area contributed by atoms with E-state index < -0.39 is 20.5 Å². The Morgan fingerprint density at radius 1 is 0.944 bits per heavy atom. The Balaban J connectivity index is 2.23. The molecule has 2 aliphatic carbocycles. The van der Waals surface area contributed by atoms with Gasteiger partial charge in [0.15, 0.2) is 0 Å². The average molecular weight is 266 g/mol. The van der Waals surface area contributed by atoms with Crippen molar-refractivity contribution in [3.63, 3.8) is 0 Å². The molecule has 0 amide bonds. The van der Waals surface area contributed by atoms with E-state index in [0.717, 1.165) is 0 Å². The lowest BCUT2D eigenvalue weighted by Crippen LogP contribution is -2.56. The molecule has 0 saturated carbocycles. The Hall–Kier alpha value is -1.37. The highest BCUT2D eigenvalue weighted by Crippen LogP contribution is 2.31. The molecule has 0 fully saturated rings. The van der Waals surface area contributed by atoms with Crippen LogP contribution in [0.3, 0.4) is 0 Å². The van der Waals surface area contributed by atoms with Crippen molar-refractivity contribution in [2.45, 2.75) is 22.6 Å². The lowest BCUT2D eigenvalue weighted by atomic mass is 10.1. The third-order valence-corrected chi connectivity index (χ3v) is 5.11. The minimum Gasteiger partial charge on any atom is -0.399 e. The fourth-order valence-electron chi connectivity index (χ4n) is 1.93. The monoisotopic (exact) mass is 266 g/mol. The van der Waals surface area contributed by atoms with Gasteiger partial charge in [0.05, 0.1) is 10.8 Å². The van der Waals surface area contributed by atoms with E-state index in [4.69, 9.17) is 22.9 Å². The summed E-state index contributed by atoms with van der Waals surface area (Å²) in [6.45, 7) is 0. The van der Waals surface area contributed by atoms with Crippen molar-refractivity contribution in [3.8, 4) is 0 Å². The van der Waals surface area contributed by atoms with E-state index in [0.29, 0.717) is 24.2 Å². The van der Waals surface area contributed by atoms with E-state index >= 15 is 0 Å². The van der Waals surface area contributed by atoms with Crippen LogP contribution in [0.15, 0.2) is 47.9 Å². The van der Waals surface area contributed by atoms with Crippen molar-refractivity contribution in [1.29, 1.82) is 0 Å². The molecule has 8 N–H and O–H groups in total. The Labute approximate surface area is 109 Å². The third-order valence-electron chi connectivity index (χ3n) is 3.12. The predicted octanol–water partition coefficient (Wildman–Crippen LogP) is -0.350. The number of hydrogen-bond acceptors (Lipinski definition) is 5. The van der Waals surface area contributed by atoms with Gasteiger partial charge in [0, 0.05) is 24.2 Å². The van der Waals surface area contributed by atoms with Crippen LogP contribution in [-0.4, -0.2) is 14.0 Å². The van der Waals surface area contributed by atoms with Crippen LogP contribution < -0.4 is 22.9 Å². The van der Waals surface area contributed by atoms with Crippen LogP contribution in [0.2, 0.25) is 0 Å². The highest BCUT2D eigenvalue weighted by Gasteiger charge is 2.42. The number of hydrogen-bond donors (Lipinski definition) is 4. The molecule has 18 heavy (non-hydrogen) atoms. The second-order valence-corrected chi connectivity index (χ2v) is 6.72. The van der Waals surface area contributed by atoms with E-state index in [9.17, 15) is 4.21 Å². The highest BCUT2D eigenvalue weighted by molar-refractivity contribution is 7.88. The summed E-state index contributed by atoms with van der Waals surface area (Å²) < 4.78 is 12.6. The van der Waals surface area contributed by atoms with Crippen LogP contribution in [0, 0.1) is 0 Å². The van der Waals surface area contributed by atoms with Gasteiger partial charge in [0.1, 0.15) is 9.74 Å². The predicted molar refractivity (Wildman–Crippen MR) is 74.0 cm³/mol. The molecule has 6 heteroatoms. The van der Waals surface area contributed by atoms with Crippen LogP contribution in [0.1, 0.15) is 12.8 Å². The average Bonchev–Trinajstić information content (AvgIpc) is 2.36. The molecular formula is C12H18N4OS. The second-order valence-electron chi connectivity index (χ2n) is 4.66. The molecule has 5 nitrogen and oxygen atoms in total. The Kier molecular flexibility index (Phi) is 3.18. The van der Waals surface area contributed by atoms with Crippen molar-refractivity contribution < 1.29 is 4.21 Å². The Bertz CT molecular complexity index is 464. The van der Waals surface area contributed by atoms with Crippen LogP contribution >= 0.6 is 0 Å². The van der Waals surface area contributed by atoms with E-state index in [1.54, 1.807) is 36.5 Å². The summed E-state index contributed by atoms with van der Waals surface area (Å²) in [4.78, 5) is -1.97. The number of nitrogens with two attached hydrogens (primary N) is 4. The highest BCUT2D eigenvalue weighted by atomic mass is 32.2. The molecule has 0 aromatic carbocycles. The SMILES string of the molecule is NC1=CCC(N)(S(=O)C2(N)C=CC(N)=CC2)C=C1. The minimum absolute atomic E-state index is 0.411. The zero-order valence-corrected chi connectivity index (χ0v) is 10.8. The number of allylic oxidation sites excluding steroid dienone is 2. The minimum atomic E-state index is -1.47. The molecule has 0 saturated heterocycles. The van der Waals surface area contributed by atoms with E-state index in [2.05, 4.69) is 0 Å². The fourth-order valence-corrected chi connectivity index (χ4v) is 3.49. The smallest absolute Gasteiger partial charge is 0.117 e. The molecule has 0 aromatic rings. The Morgan fingerprint density at radius 3 is 1.61 bits per heavy atom. The molecule has 0 aromatic heterocycles. The van der Waals surface area contributed by atoms with Gasteiger partial charge in [-0.05, 0) is 24.3 Å². The van der Waals surface area contributed by atoms with Crippen molar-refractivity contribution in [2.75, 3.05) is 0 Å². The normalized spacial score (nSPS) is 37.0. The molecule has 0 aliphatic heterocycles. The topological polar surface area (TPSA) is 121 Å². The first-order valence-corrected chi connectivity index (χ1v) is 6.80. The summed E-state index contributed by atoms with van der Waals surface area (Å²) in [6.07, 6.45) is 11.0. The molecule has 2 atom stereocenters. The van der Waals surface area contributed by atoms with Crippen LogP contribution in [0.4, 0.5) is 0 Å². The summed E-state index contributed by atoms with van der Waals surface area (Å²) in [5.74, 6) is 0. The van der Waals surface area contributed by atoms with Gasteiger partial charge in [-0.25, -0.2) is 0 Å². The first kappa shape index (κ1) is 13.1.